The molecule has 1 amide bonds. The maximum atomic E-state index is 15.2. The minimum Gasteiger partial charge on any atom is -0.408 e. The SMILES string of the molecule is [2H]C([2H])([2H])c1ccc(CN2CCC(N3CCC(c4ccc5[nH]c(=O)oc5c4)C(F)C3)C2=O)cc1. The summed E-state index contributed by atoms with van der Waals surface area (Å²) < 4.78 is 42.8. The maximum absolute atomic E-state index is 15.2. The van der Waals surface area contributed by atoms with Gasteiger partial charge in [-0.15, -0.1) is 0 Å². The fourth-order valence-electron chi connectivity index (χ4n) is 4.83. The van der Waals surface area contributed by atoms with Crippen LogP contribution in [0.4, 0.5) is 4.39 Å². The van der Waals surface area contributed by atoms with Crippen LogP contribution in [-0.4, -0.2) is 52.5 Å². The third-order valence-electron chi connectivity index (χ3n) is 6.48. The lowest BCUT2D eigenvalue weighted by Gasteiger charge is -2.37. The Balaban J connectivity index is 1.21. The second kappa shape index (κ2) is 7.96. The third-order valence-corrected chi connectivity index (χ3v) is 6.48. The molecule has 7 heteroatoms. The lowest BCUT2D eigenvalue weighted by Crippen LogP contribution is -2.49. The first-order valence-electron chi connectivity index (χ1n) is 12.1. The van der Waals surface area contributed by atoms with Crippen LogP contribution in [0.25, 0.3) is 11.1 Å². The van der Waals surface area contributed by atoms with Gasteiger partial charge in [-0.25, -0.2) is 9.18 Å². The minimum atomic E-state index is -2.15. The molecule has 6 nitrogen and oxygen atoms in total. The van der Waals surface area contributed by atoms with E-state index in [1.165, 1.54) is 0 Å². The van der Waals surface area contributed by atoms with Crippen LogP contribution in [0.1, 0.15) is 39.6 Å². The fraction of sp³-hybridized carbons (Fsp3) is 0.417. The largest absolute Gasteiger partial charge is 0.417 e. The molecule has 0 radical (unpaired) electrons. The summed E-state index contributed by atoms with van der Waals surface area (Å²) >= 11 is 0. The molecule has 0 bridgehead atoms. The van der Waals surface area contributed by atoms with E-state index in [1.54, 1.807) is 41.3 Å². The molecule has 31 heavy (non-hydrogen) atoms. The van der Waals surface area contributed by atoms with Gasteiger partial charge in [-0.05, 0) is 49.5 Å². The lowest BCUT2D eigenvalue weighted by atomic mass is 9.87. The molecule has 3 unspecified atom stereocenters. The first-order chi connectivity index (χ1) is 16.2. The number of oxazole rings is 1. The molecule has 162 valence electrons. The Kier molecular flexibility index (Phi) is 4.30. The van der Waals surface area contributed by atoms with Gasteiger partial charge in [-0.2, -0.15) is 0 Å². The molecule has 3 atom stereocenters. The highest BCUT2D eigenvalue weighted by molar-refractivity contribution is 5.84. The smallest absolute Gasteiger partial charge is 0.408 e. The number of nitrogens with one attached hydrogen (secondary N) is 1. The van der Waals surface area contributed by atoms with Crippen LogP contribution in [0.15, 0.2) is 51.7 Å². The quantitative estimate of drug-likeness (QED) is 0.695. The highest BCUT2D eigenvalue weighted by Gasteiger charge is 2.40. The first kappa shape index (κ1) is 16.7. The summed E-state index contributed by atoms with van der Waals surface area (Å²) in [5.41, 5.74) is 2.95. The van der Waals surface area contributed by atoms with Crippen molar-refractivity contribution < 1.29 is 17.7 Å². The van der Waals surface area contributed by atoms with Gasteiger partial charge in [-0.3, -0.25) is 14.7 Å². The number of amides is 1. The molecule has 2 saturated heterocycles. The maximum Gasteiger partial charge on any atom is 0.417 e. The molecular weight excluding hydrogens is 397 g/mol. The van der Waals surface area contributed by atoms with Crippen molar-refractivity contribution in [2.24, 2.45) is 0 Å². The van der Waals surface area contributed by atoms with E-state index in [9.17, 15) is 9.59 Å². The number of aromatic nitrogens is 1. The number of nitrogens with zero attached hydrogens (tertiary/aromatic N) is 2. The van der Waals surface area contributed by atoms with Crippen molar-refractivity contribution >= 4 is 17.0 Å². The van der Waals surface area contributed by atoms with E-state index in [4.69, 9.17) is 8.53 Å². The molecule has 3 heterocycles. The molecule has 0 saturated carbocycles. The number of piperidine rings is 1. The number of rotatable bonds is 4. The normalized spacial score (nSPS) is 26.7. The Hall–Kier alpha value is -2.93. The zero-order chi connectivity index (χ0) is 24.0. The van der Waals surface area contributed by atoms with Crippen LogP contribution in [0, 0.1) is 6.85 Å². The minimum absolute atomic E-state index is 0.0129. The molecule has 2 aliphatic heterocycles. The zero-order valence-corrected chi connectivity index (χ0v) is 17.0. The lowest BCUT2D eigenvalue weighted by molar-refractivity contribution is -0.133. The van der Waals surface area contributed by atoms with Gasteiger partial charge in [0.2, 0.25) is 5.91 Å². The summed E-state index contributed by atoms with van der Waals surface area (Å²) in [6.07, 6.45) is 0.0808. The summed E-state index contributed by atoms with van der Waals surface area (Å²) in [5, 5.41) is 0. The molecule has 5 rings (SSSR count). The van der Waals surface area contributed by atoms with E-state index in [2.05, 4.69) is 4.98 Å². The van der Waals surface area contributed by atoms with Gasteiger partial charge < -0.3 is 9.32 Å². The number of halogens is 1. The molecule has 1 N–H and O–H groups in total. The van der Waals surface area contributed by atoms with Gasteiger partial charge in [0.25, 0.3) is 0 Å². The van der Waals surface area contributed by atoms with Crippen LogP contribution in [0.5, 0.6) is 0 Å². The number of likely N-dealkylation sites (tertiary alicyclic amines) is 2. The van der Waals surface area contributed by atoms with Crippen LogP contribution in [0.2, 0.25) is 0 Å². The standard InChI is InChI=1S/C24H26FN3O3/c1-15-2-4-16(5-3-15)13-28-11-9-21(23(28)29)27-10-8-18(19(25)14-27)17-6-7-20-22(12-17)31-24(30)26-20/h2-7,12,18-19,21H,8-11,13-14H2,1H3,(H,26,30)/i1D3. The van der Waals surface area contributed by atoms with Crippen molar-refractivity contribution in [2.45, 2.75) is 44.4 Å². The van der Waals surface area contributed by atoms with Crippen molar-refractivity contribution in [2.75, 3.05) is 19.6 Å². The van der Waals surface area contributed by atoms with Gasteiger partial charge in [-0.1, -0.05) is 35.9 Å². The number of carbonyl (C=O) groups is 1. The van der Waals surface area contributed by atoms with E-state index in [0.29, 0.717) is 43.6 Å². The molecule has 3 aromatic rings. The Bertz CT molecular complexity index is 1250. The summed E-state index contributed by atoms with van der Waals surface area (Å²) in [7, 11) is 0. The second-order valence-corrected chi connectivity index (χ2v) is 8.44. The van der Waals surface area contributed by atoms with E-state index in [1.807, 2.05) is 11.0 Å². The van der Waals surface area contributed by atoms with Gasteiger partial charge in [0.15, 0.2) is 5.58 Å². The van der Waals surface area contributed by atoms with E-state index in [-0.39, 0.29) is 30.0 Å². The number of aromatic amines is 1. The van der Waals surface area contributed by atoms with Gasteiger partial charge in [0, 0.05) is 29.7 Å². The number of H-pyrrole nitrogens is 1. The summed E-state index contributed by atoms with van der Waals surface area (Å²) in [6, 6.07) is 11.6. The van der Waals surface area contributed by atoms with Gasteiger partial charge in [0.1, 0.15) is 6.17 Å². The van der Waals surface area contributed by atoms with Crippen molar-refractivity contribution in [3.63, 3.8) is 0 Å². The predicted molar refractivity (Wildman–Crippen MR) is 116 cm³/mol. The van der Waals surface area contributed by atoms with Crippen molar-refractivity contribution in [1.82, 2.24) is 14.8 Å². The molecular formula is C24H26FN3O3. The number of carbonyl (C=O) groups excluding carboxylic acids is 1. The summed E-state index contributed by atoms with van der Waals surface area (Å²) in [4.78, 5) is 30.8. The second-order valence-electron chi connectivity index (χ2n) is 8.44. The number of benzene rings is 2. The highest BCUT2D eigenvalue weighted by Crippen LogP contribution is 2.34. The Morgan fingerprint density at radius 2 is 2.00 bits per heavy atom. The van der Waals surface area contributed by atoms with E-state index >= 15 is 4.39 Å². The number of hydrogen-bond donors (Lipinski definition) is 1. The average molecular weight is 427 g/mol. The molecule has 1 aromatic heterocycles. The first-order valence-corrected chi connectivity index (χ1v) is 10.6. The van der Waals surface area contributed by atoms with Crippen molar-refractivity contribution in [3.05, 3.63) is 69.7 Å². The van der Waals surface area contributed by atoms with Gasteiger partial charge >= 0.3 is 5.76 Å². The number of hydrogen-bond acceptors (Lipinski definition) is 4. The van der Waals surface area contributed by atoms with Crippen LogP contribution in [-0.2, 0) is 11.3 Å². The van der Waals surface area contributed by atoms with Crippen molar-refractivity contribution in [3.8, 4) is 0 Å². The molecule has 0 spiro atoms. The van der Waals surface area contributed by atoms with E-state index < -0.39 is 18.8 Å². The third kappa shape index (κ3) is 3.90. The summed E-state index contributed by atoms with van der Waals surface area (Å²) in [6.45, 7) is -0.364. The molecule has 2 fully saturated rings. The van der Waals surface area contributed by atoms with Crippen LogP contribution >= 0.6 is 0 Å². The number of alkyl halides is 1. The number of aryl methyl sites for hydroxylation is 1. The van der Waals surface area contributed by atoms with Crippen LogP contribution < -0.4 is 5.76 Å². The Labute approximate surface area is 183 Å². The Morgan fingerprint density at radius 1 is 1.16 bits per heavy atom. The fourth-order valence-corrected chi connectivity index (χ4v) is 4.83. The van der Waals surface area contributed by atoms with E-state index in [0.717, 1.165) is 11.1 Å². The molecule has 2 aliphatic rings. The van der Waals surface area contributed by atoms with Crippen LogP contribution in [0.3, 0.4) is 0 Å². The molecule has 0 aliphatic carbocycles. The topological polar surface area (TPSA) is 69.6 Å². The Morgan fingerprint density at radius 3 is 2.77 bits per heavy atom. The molecule has 2 aromatic carbocycles. The monoisotopic (exact) mass is 426 g/mol. The van der Waals surface area contributed by atoms with Crippen molar-refractivity contribution in [1.29, 1.82) is 0 Å². The zero-order valence-electron chi connectivity index (χ0n) is 20.0. The number of fused-ring (bicyclic) bond motifs is 1. The predicted octanol–water partition coefficient (Wildman–Crippen LogP) is 3.36. The average Bonchev–Trinajstić information content (AvgIpc) is 3.34. The highest BCUT2D eigenvalue weighted by atomic mass is 19.1. The van der Waals surface area contributed by atoms with Gasteiger partial charge in [0.05, 0.1) is 11.6 Å². The summed E-state index contributed by atoms with van der Waals surface area (Å²) in [5.74, 6) is -0.859.